The van der Waals surface area contributed by atoms with Gasteiger partial charge in [0.15, 0.2) is 0 Å². The molecule has 2 heteroatoms. The molecule has 2 nitrogen and oxygen atoms in total. The molecule has 52 valence electrons. The van der Waals surface area contributed by atoms with Crippen LogP contribution in [0.4, 0.5) is 0 Å². The summed E-state index contributed by atoms with van der Waals surface area (Å²) in [5.74, 6) is 0. The molecule has 0 aliphatic carbocycles. The quantitative estimate of drug-likeness (QED) is 0.556. The Kier molecular flexibility index (Phi) is 1.76. The molecule has 1 heterocycles. The van der Waals surface area contributed by atoms with Crippen molar-refractivity contribution in [2.45, 2.75) is 19.9 Å². The van der Waals surface area contributed by atoms with Crippen LogP contribution in [0.1, 0.15) is 13.8 Å². The van der Waals surface area contributed by atoms with E-state index in [1.807, 2.05) is 0 Å². The van der Waals surface area contributed by atoms with Crippen LogP contribution in [-0.2, 0) is 0 Å². The number of hydrogen-bond acceptors (Lipinski definition) is 2. The monoisotopic (exact) mass is 126 g/mol. The normalized spacial score (nSPS) is 21.0. The summed E-state index contributed by atoms with van der Waals surface area (Å²) in [5.41, 5.74) is 6.60. The third-order valence-electron chi connectivity index (χ3n) is 1.70. The smallest absolute Gasteiger partial charge is 0.0382 e. The van der Waals surface area contributed by atoms with Crippen LogP contribution in [0.3, 0.4) is 0 Å². The van der Waals surface area contributed by atoms with E-state index in [0.717, 1.165) is 18.8 Å². The van der Waals surface area contributed by atoms with E-state index in [9.17, 15) is 0 Å². The number of nitrogens with zero attached hydrogens (tertiary/aromatic N) is 1. The summed E-state index contributed by atoms with van der Waals surface area (Å²) in [6, 6.07) is 0.627. The maximum Gasteiger partial charge on any atom is 0.0382 e. The van der Waals surface area contributed by atoms with Gasteiger partial charge in [0.2, 0.25) is 0 Å². The van der Waals surface area contributed by atoms with Gasteiger partial charge in [-0.15, -0.1) is 0 Å². The minimum absolute atomic E-state index is 0.627. The van der Waals surface area contributed by atoms with Crippen LogP contribution in [0, 0.1) is 0 Å². The largest absolute Gasteiger partial charge is 0.401 e. The molecule has 0 aromatic rings. The minimum Gasteiger partial charge on any atom is -0.401 e. The van der Waals surface area contributed by atoms with Crippen molar-refractivity contribution in [2.24, 2.45) is 5.73 Å². The molecule has 0 unspecified atom stereocenters. The molecular weight excluding hydrogens is 112 g/mol. The van der Waals surface area contributed by atoms with Crippen molar-refractivity contribution < 1.29 is 0 Å². The zero-order valence-electron chi connectivity index (χ0n) is 6.09. The summed E-state index contributed by atoms with van der Waals surface area (Å²) in [6.45, 7) is 6.36. The molecule has 0 saturated heterocycles. The second-order valence-electron chi connectivity index (χ2n) is 2.80. The molecule has 2 N–H and O–H groups in total. The van der Waals surface area contributed by atoms with Gasteiger partial charge in [-0.1, -0.05) is 6.08 Å². The lowest BCUT2D eigenvalue weighted by molar-refractivity contribution is 0.283. The highest BCUT2D eigenvalue weighted by molar-refractivity contribution is 5.07. The van der Waals surface area contributed by atoms with Crippen molar-refractivity contribution in [3.8, 4) is 0 Å². The van der Waals surface area contributed by atoms with Crippen molar-refractivity contribution >= 4 is 0 Å². The Labute approximate surface area is 56.3 Å². The van der Waals surface area contributed by atoms with Gasteiger partial charge in [-0.25, -0.2) is 0 Å². The minimum atomic E-state index is 0.627. The fourth-order valence-electron chi connectivity index (χ4n) is 0.992. The molecule has 1 rings (SSSR count). The van der Waals surface area contributed by atoms with E-state index in [1.165, 1.54) is 0 Å². The summed E-state index contributed by atoms with van der Waals surface area (Å²) < 4.78 is 0. The Bertz CT molecular complexity index is 127. The molecule has 1 aliphatic heterocycles. The summed E-state index contributed by atoms with van der Waals surface area (Å²) in [5, 5.41) is 0. The fraction of sp³-hybridized carbons (Fsp3) is 0.714. The van der Waals surface area contributed by atoms with Crippen LogP contribution in [0.5, 0.6) is 0 Å². The highest BCUT2D eigenvalue weighted by atomic mass is 15.2. The molecule has 0 amide bonds. The topological polar surface area (TPSA) is 29.3 Å². The summed E-state index contributed by atoms with van der Waals surface area (Å²) >= 11 is 0. The molecule has 1 aliphatic rings. The van der Waals surface area contributed by atoms with E-state index in [4.69, 9.17) is 5.73 Å². The first-order valence-electron chi connectivity index (χ1n) is 3.38. The van der Waals surface area contributed by atoms with Crippen LogP contribution in [-0.4, -0.2) is 24.0 Å². The van der Waals surface area contributed by atoms with Gasteiger partial charge in [0.25, 0.3) is 0 Å². The van der Waals surface area contributed by atoms with Crippen LogP contribution in [0.2, 0.25) is 0 Å². The highest BCUT2D eigenvalue weighted by Gasteiger charge is 2.13. The molecule has 0 bridgehead atoms. The first-order valence-corrected chi connectivity index (χ1v) is 3.38. The zero-order valence-corrected chi connectivity index (χ0v) is 6.09. The van der Waals surface area contributed by atoms with Crippen LogP contribution in [0.15, 0.2) is 11.8 Å². The Morgan fingerprint density at radius 2 is 2.33 bits per heavy atom. The van der Waals surface area contributed by atoms with E-state index < -0.39 is 0 Å². The van der Waals surface area contributed by atoms with Crippen LogP contribution < -0.4 is 5.73 Å². The predicted octanol–water partition coefficient (Wildman–Crippen LogP) is 0.553. The molecule has 9 heavy (non-hydrogen) atoms. The molecule has 0 aromatic carbocycles. The number of nitrogens with two attached hydrogens (primary N) is 1. The van der Waals surface area contributed by atoms with E-state index >= 15 is 0 Å². The van der Waals surface area contributed by atoms with Crippen molar-refractivity contribution in [2.75, 3.05) is 13.1 Å². The standard InChI is InChI=1S/C7H14N2/c1-6(2)9-4-3-7(8)5-9/h3,6H,4-5,8H2,1-2H3. The Morgan fingerprint density at radius 1 is 1.67 bits per heavy atom. The summed E-state index contributed by atoms with van der Waals surface area (Å²) in [4.78, 5) is 2.33. The molecule has 0 spiro atoms. The molecule has 0 fully saturated rings. The van der Waals surface area contributed by atoms with Crippen LogP contribution in [0.25, 0.3) is 0 Å². The average Bonchev–Trinajstić information content (AvgIpc) is 2.14. The highest BCUT2D eigenvalue weighted by Crippen LogP contribution is 2.06. The second-order valence-corrected chi connectivity index (χ2v) is 2.80. The van der Waals surface area contributed by atoms with E-state index in [0.29, 0.717) is 6.04 Å². The first-order chi connectivity index (χ1) is 4.20. The average molecular weight is 126 g/mol. The maximum absolute atomic E-state index is 5.58. The fourth-order valence-corrected chi connectivity index (χ4v) is 0.992. The van der Waals surface area contributed by atoms with Gasteiger partial charge in [0, 0.05) is 24.8 Å². The lowest BCUT2D eigenvalue weighted by atomic mass is 10.3. The van der Waals surface area contributed by atoms with Gasteiger partial charge in [-0.3, -0.25) is 4.90 Å². The predicted molar refractivity (Wildman–Crippen MR) is 39.0 cm³/mol. The Balaban J connectivity index is 2.37. The number of hydrogen-bond donors (Lipinski definition) is 1. The maximum atomic E-state index is 5.58. The van der Waals surface area contributed by atoms with Crippen molar-refractivity contribution in [3.63, 3.8) is 0 Å². The Hall–Kier alpha value is -0.500. The molecule has 0 radical (unpaired) electrons. The summed E-state index contributed by atoms with van der Waals surface area (Å²) in [6.07, 6.45) is 2.08. The third kappa shape index (κ3) is 1.45. The second kappa shape index (κ2) is 2.40. The first kappa shape index (κ1) is 6.62. The van der Waals surface area contributed by atoms with Gasteiger partial charge in [-0.2, -0.15) is 0 Å². The van der Waals surface area contributed by atoms with Gasteiger partial charge in [-0.05, 0) is 13.8 Å². The number of rotatable bonds is 1. The van der Waals surface area contributed by atoms with Crippen molar-refractivity contribution in [1.29, 1.82) is 0 Å². The lowest BCUT2D eigenvalue weighted by Gasteiger charge is -2.19. The molecule has 0 aromatic heterocycles. The zero-order chi connectivity index (χ0) is 6.85. The van der Waals surface area contributed by atoms with E-state index in [1.54, 1.807) is 0 Å². The van der Waals surface area contributed by atoms with E-state index in [2.05, 4.69) is 24.8 Å². The van der Waals surface area contributed by atoms with Crippen molar-refractivity contribution in [3.05, 3.63) is 11.8 Å². The van der Waals surface area contributed by atoms with Crippen LogP contribution >= 0.6 is 0 Å². The Morgan fingerprint density at radius 3 is 2.56 bits per heavy atom. The lowest BCUT2D eigenvalue weighted by Crippen LogP contribution is -2.29. The summed E-state index contributed by atoms with van der Waals surface area (Å²) in [7, 11) is 0. The van der Waals surface area contributed by atoms with Gasteiger partial charge >= 0.3 is 0 Å². The van der Waals surface area contributed by atoms with Gasteiger partial charge in [0.1, 0.15) is 0 Å². The van der Waals surface area contributed by atoms with E-state index in [-0.39, 0.29) is 0 Å². The van der Waals surface area contributed by atoms with Gasteiger partial charge < -0.3 is 5.73 Å². The van der Waals surface area contributed by atoms with Crippen molar-refractivity contribution in [1.82, 2.24) is 4.90 Å². The third-order valence-corrected chi connectivity index (χ3v) is 1.70. The van der Waals surface area contributed by atoms with Gasteiger partial charge in [0.05, 0.1) is 0 Å². The molecular formula is C7H14N2. The molecule has 0 atom stereocenters. The SMILES string of the molecule is CC(C)N1CC=C(N)C1. The molecule has 0 saturated carbocycles.